The van der Waals surface area contributed by atoms with Gasteiger partial charge in [-0.05, 0) is 18.2 Å². The highest BCUT2D eigenvalue weighted by atomic mass is 16.3. The van der Waals surface area contributed by atoms with Crippen molar-refractivity contribution in [1.29, 1.82) is 0 Å². The molecule has 1 heterocycles. The zero-order valence-electron chi connectivity index (χ0n) is 11.0. The minimum absolute atomic E-state index is 0.457. The summed E-state index contributed by atoms with van der Waals surface area (Å²) in [6, 6.07) is 19.3. The predicted molar refractivity (Wildman–Crippen MR) is 81.3 cm³/mol. The molecule has 3 N–H and O–H groups in total. The van der Waals surface area contributed by atoms with Crippen LogP contribution in [0.3, 0.4) is 0 Å². The number of pyridine rings is 1. The van der Waals surface area contributed by atoms with Gasteiger partial charge in [-0.25, -0.2) is 0 Å². The normalized spacial score (nSPS) is 12.4. The first-order valence-corrected chi connectivity index (χ1v) is 6.61. The van der Waals surface area contributed by atoms with E-state index >= 15 is 0 Å². The van der Waals surface area contributed by atoms with E-state index in [-0.39, 0.29) is 0 Å². The molecule has 3 aromatic rings. The number of fused-ring (bicyclic) bond motifs is 1. The Morgan fingerprint density at radius 2 is 1.70 bits per heavy atom. The molecule has 0 saturated heterocycles. The topological polar surface area (TPSA) is 59.1 Å². The molecule has 0 fully saturated rings. The van der Waals surface area contributed by atoms with Crippen molar-refractivity contribution in [3.8, 4) is 0 Å². The second-order valence-corrected chi connectivity index (χ2v) is 4.84. The van der Waals surface area contributed by atoms with Gasteiger partial charge in [-0.2, -0.15) is 0 Å². The van der Waals surface area contributed by atoms with Gasteiger partial charge in [0.1, 0.15) is 0 Å². The summed E-state index contributed by atoms with van der Waals surface area (Å²) in [5.74, 6) is 0. The van der Waals surface area contributed by atoms with E-state index in [4.69, 9.17) is 5.73 Å². The number of hydrogen-bond donors (Lipinski definition) is 2. The third-order valence-corrected chi connectivity index (χ3v) is 3.41. The molecule has 0 radical (unpaired) electrons. The molecule has 0 bridgehead atoms. The summed E-state index contributed by atoms with van der Waals surface area (Å²) in [5, 5.41) is 11.4. The zero-order chi connectivity index (χ0) is 13.9. The van der Waals surface area contributed by atoms with Crippen LogP contribution in [0.4, 0.5) is 5.69 Å². The molecule has 20 heavy (non-hydrogen) atoms. The number of aliphatic hydroxyl groups is 1. The number of rotatable bonds is 3. The molecule has 0 amide bonds. The molecule has 1 unspecified atom stereocenters. The van der Waals surface area contributed by atoms with Gasteiger partial charge in [-0.3, -0.25) is 4.98 Å². The Bertz CT molecular complexity index is 740. The van der Waals surface area contributed by atoms with Crippen LogP contribution in [0.1, 0.15) is 17.4 Å². The van der Waals surface area contributed by atoms with Crippen LogP contribution >= 0.6 is 0 Å². The summed E-state index contributed by atoms with van der Waals surface area (Å²) >= 11 is 0. The Kier molecular flexibility index (Phi) is 3.35. The number of anilines is 1. The second kappa shape index (κ2) is 5.31. The molecule has 2 aromatic carbocycles. The Balaban J connectivity index is 1.87. The van der Waals surface area contributed by atoms with E-state index in [9.17, 15) is 5.11 Å². The number of nitrogens with zero attached hydrogens (tertiary/aromatic N) is 1. The Morgan fingerprint density at radius 1 is 0.950 bits per heavy atom. The van der Waals surface area contributed by atoms with Crippen LogP contribution in [0.5, 0.6) is 0 Å². The quantitative estimate of drug-likeness (QED) is 0.715. The molecular formula is C17H16N2O. The molecule has 1 atom stereocenters. The van der Waals surface area contributed by atoms with E-state index in [1.54, 1.807) is 6.07 Å². The lowest BCUT2D eigenvalue weighted by atomic mass is 10.0. The van der Waals surface area contributed by atoms with Crippen molar-refractivity contribution >= 4 is 16.6 Å². The van der Waals surface area contributed by atoms with E-state index in [1.165, 1.54) is 0 Å². The van der Waals surface area contributed by atoms with Crippen LogP contribution in [-0.2, 0) is 6.42 Å². The summed E-state index contributed by atoms with van der Waals surface area (Å²) in [6.45, 7) is 0. The van der Waals surface area contributed by atoms with Crippen molar-refractivity contribution < 1.29 is 5.11 Å². The Morgan fingerprint density at radius 3 is 2.55 bits per heavy atom. The largest absolute Gasteiger partial charge is 0.398 e. The number of aliphatic hydroxyl groups excluding tert-OH is 1. The van der Waals surface area contributed by atoms with Gasteiger partial charge in [0.05, 0.1) is 11.6 Å². The van der Waals surface area contributed by atoms with Gasteiger partial charge >= 0.3 is 0 Å². The van der Waals surface area contributed by atoms with Gasteiger partial charge in [0.25, 0.3) is 0 Å². The van der Waals surface area contributed by atoms with Crippen LogP contribution in [0.2, 0.25) is 0 Å². The summed E-state index contributed by atoms with van der Waals surface area (Å²) in [4.78, 5) is 4.57. The monoisotopic (exact) mass is 264 g/mol. The van der Waals surface area contributed by atoms with E-state index in [0.717, 1.165) is 22.2 Å². The number of nitrogen functional groups attached to an aromatic ring is 1. The molecular weight excluding hydrogens is 248 g/mol. The fourth-order valence-corrected chi connectivity index (χ4v) is 2.34. The molecule has 0 saturated carbocycles. The highest BCUT2D eigenvalue weighted by Gasteiger charge is 2.12. The molecule has 3 nitrogen and oxygen atoms in total. The van der Waals surface area contributed by atoms with Crippen molar-refractivity contribution in [3.63, 3.8) is 0 Å². The van der Waals surface area contributed by atoms with Crippen LogP contribution < -0.4 is 5.73 Å². The molecule has 100 valence electrons. The fourth-order valence-electron chi connectivity index (χ4n) is 2.34. The molecule has 3 heteroatoms. The lowest BCUT2D eigenvalue weighted by molar-refractivity contribution is 0.178. The third-order valence-electron chi connectivity index (χ3n) is 3.41. The molecule has 0 aliphatic heterocycles. The lowest BCUT2D eigenvalue weighted by Crippen LogP contribution is -2.06. The van der Waals surface area contributed by atoms with Gasteiger partial charge in [-0.1, -0.05) is 42.5 Å². The molecule has 0 spiro atoms. The van der Waals surface area contributed by atoms with Gasteiger partial charge < -0.3 is 10.8 Å². The van der Waals surface area contributed by atoms with E-state index in [2.05, 4.69) is 4.98 Å². The van der Waals surface area contributed by atoms with Crippen molar-refractivity contribution in [2.45, 2.75) is 12.5 Å². The lowest BCUT2D eigenvalue weighted by Gasteiger charge is -2.13. The first-order chi connectivity index (χ1) is 9.74. The summed E-state index contributed by atoms with van der Waals surface area (Å²) in [7, 11) is 0. The van der Waals surface area contributed by atoms with Gasteiger partial charge in [0.2, 0.25) is 0 Å². The van der Waals surface area contributed by atoms with Crippen molar-refractivity contribution in [1.82, 2.24) is 4.98 Å². The number of hydrogen-bond acceptors (Lipinski definition) is 3. The predicted octanol–water partition coefficient (Wildman–Crippen LogP) is 3.09. The number of benzene rings is 2. The van der Waals surface area contributed by atoms with Crippen molar-refractivity contribution in [2.75, 3.05) is 5.73 Å². The molecule has 0 aliphatic rings. The number of aromatic nitrogens is 1. The van der Waals surface area contributed by atoms with E-state index in [0.29, 0.717) is 12.1 Å². The van der Waals surface area contributed by atoms with Gasteiger partial charge in [0.15, 0.2) is 0 Å². The maximum absolute atomic E-state index is 10.3. The zero-order valence-corrected chi connectivity index (χ0v) is 11.0. The number of para-hydroxylation sites is 2. The van der Waals surface area contributed by atoms with Crippen molar-refractivity contribution in [2.24, 2.45) is 0 Å². The minimum atomic E-state index is -0.634. The third kappa shape index (κ3) is 2.49. The maximum atomic E-state index is 10.3. The first-order valence-electron chi connectivity index (χ1n) is 6.61. The summed E-state index contributed by atoms with van der Waals surface area (Å²) in [5.41, 5.74) is 9.05. The smallest absolute Gasteiger partial charge is 0.0865 e. The van der Waals surface area contributed by atoms with E-state index < -0.39 is 6.10 Å². The molecule has 1 aromatic heterocycles. The van der Waals surface area contributed by atoms with Crippen LogP contribution in [0, 0.1) is 0 Å². The van der Waals surface area contributed by atoms with Crippen LogP contribution in [-0.4, -0.2) is 10.1 Å². The van der Waals surface area contributed by atoms with Crippen LogP contribution in [0.15, 0.2) is 60.7 Å². The van der Waals surface area contributed by atoms with Gasteiger partial charge in [-0.15, -0.1) is 0 Å². The van der Waals surface area contributed by atoms with Crippen molar-refractivity contribution in [3.05, 3.63) is 71.9 Å². The summed E-state index contributed by atoms with van der Waals surface area (Å²) in [6.07, 6.45) is -0.177. The van der Waals surface area contributed by atoms with E-state index in [1.807, 2.05) is 54.6 Å². The number of nitrogens with two attached hydrogens (primary N) is 1. The average Bonchev–Trinajstić information content (AvgIpc) is 2.47. The Labute approximate surface area is 117 Å². The highest BCUT2D eigenvalue weighted by Crippen LogP contribution is 2.23. The van der Waals surface area contributed by atoms with Crippen LogP contribution in [0.25, 0.3) is 10.9 Å². The first kappa shape index (κ1) is 12.6. The summed E-state index contributed by atoms with van der Waals surface area (Å²) < 4.78 is 0. The molecule has 3 rings (SSSR count). The standard InChI is InChI=1S/C17H16N2O/c18-15-7-3-2-6-14(15)17(20)11-13-10-9-12-5-1-4-8-16(12)19-13/h1-10,17,20H,11,18H2. The minimum Gasteiger partial charge on any atom is -0.398 e. The highest BCUT2D eigenvalue weighted by molar-refractivity contribution is 5.78. The second-order valence-electron chi connectivity index (χ2n) is 4.84. The van der Waals surface area contributed by atoms with Gasteiger partial charge in [0, 0.05) is 28.8 Å². The maximum Gasteiger partial charge on any atom is 0.0865 e. The molecule has 0 aliphatic carbocycles. The fraction of sp³-hybridized carbons (Fsp3) is 0.118. The average molecular weight is 264 g/mol. The Hall–Kier alpha value is -2.39. The SMILES string of the molecule is Nc1ccccc1C(O)Cc1ccc2ccccc2n1.